The molecule has 3 rings (SSSR count). The summed E-state index contributed by atoms with van der Waals surface area (Å²) in [6, 6.07) is 14.0. The Morgan fingerprint density at radius 1 is 1.10 bits per heavy atom. The van der Waals surface area contributed by atoms with Gasteiger partial charge in [0.25, 0.3) is 5.91 Å². The number of aromatic nitrogens is 2. The highest BCUT2D eigenvalue weighted by molar-refractivity contribution is 7.71. The lowest BCUT2D eigenvalue weighted by molar-refractivity contribution is 0.0944. The molecule has 0 saturated carbocycles. The van der Waals surface area contributed by atoms with Crippen molar-refractivity contribution in [1.29, 1.82) is 0 Å². The van der Waals surface area contributed by atoms with Gasteiger partial charge in [-0.2, -0.15) is 0 Å². The predicted molar refractivity (Wildman–Crippen MR) is 115 cm³/mol. The molecular weight excluding hydrogens is 387 g/mol. The molecule has 1 heterocycles. The van der Waals surface area contributed by atoms with Crippen molar-refractivity contribution in [3.05, 3.63) is 82.1 Å². The average molecular weight is 413 g/mol. The first-order valence-electron chi connectivity index (χ1n) is 9.67. The van der Waals surface area contributed by atoms with Crippen molar-refractivity contribution in [3.8, 4) is 5.69 Å². The molecule has 0 aliphatic carbocycles. The minimum absolute atomic E-state index is 0.251. The fourth-order valence-corrected chi connectivity index (χ4v) is 3.48. The molecule has 0 aliphatic rings. The van der Waals surface area contributed by atoms with Crippen molar-refractivity contribution in [3.63, 3.8) is 0 Å². The summed E-state index contributed by atoms with van der Waals surface area (Å²) in [5.41, 5.74) is 3.28. The van der Waals surface area contributed by atoms with Crippen LogP contribution in [0.2, 0.25) is 0 Å². The largest absolute Gasteiger partial charge is 0.347 e. The minimum atomic E-state index is -0.341. The van der Waals surface area contributed by atoms with Crippen molar-refractivity contribution in [2.75, 3.05) is 13.1 Å². The molecule has 5 nitrogen and oxygen atoms in total. The van der Waals surface area contributed by atoms with Gasteiger partial charge in [-0.1, -0.05) is 38.1 Å². The molecule has 0 radical (unpaired) electrons. The van der Waals surface area contributed by atoms with Crippen molar-refractivity contribution in [2.45, 2.75) is 26.9 Å². The smallest absolute Gasteiger partial charge is 0.270 e. The number of carbonyl (C=O) groups is 1. The van der Waals surface area contributed by atoms with E-state index in [1.807, 2.05) is 18.2 Å². The number of aromatic amines is 1. The summed E-state index contributed by atoms with van der Waals surface area (Å²) in [7, 11) is 0. The van der Waals surface area contributed by atoms with Crippen LogP contribution in [-0.2, 0) is 13.1 Å². The summed E-state index contributed by atoms with van der Waals surface area (Å²) in [6.45, 7) is 7.48. The lowest BCUT2D eigenvalue weighted by atomic mass is 10.1. The Morgan fingerprint density at radius 3 is 2.41 bits per heavy atom. The van der Waals surface area contributed by atoms with Crippen molar-refractivity contribution in [1.82, 2.24) is 19.8 Å². The fourth-order valence-electron chi connectivity index (χ4n) is 3.22. The van der Waals surface area contributed by atoms with E-state index in [1.165, 1.54) is 17.7 Å². The van der Waals surface area contributed by atoms with Crippen LogP contribution in [0.1, 0.15) is 35.5 Å². The first-order valence-corrected chi connectivity index (χ1v) is 10.1. The maximum atomic E-state index is 13.3. The summed E-state index contributed by atoms with van der Waals surface area (Å²) in [5.74, 6) is -0.592. The Bertz CT molecular complexity index is 1020. The molecule has 1 amide bonds. The number of nitrogens with one attached hydrogen (secondary N) is 2. The molecule has 29 heavy (non-hydrogen) atoms. The molecule has 0 unspecified atom stereocenters. The third kappa shape index (κ3) is 4.99. The van der Waals surface area contributed by atoms with E-state index in [4.69, 9.17) is 12.2 Å². The van der Waals surface area contributed by atoms with Gasteiger partial charge < -0.3 is 10.3 Å². The zero-order valence-corrected chi connectivity index (χ0v) is 17.4. The molecule has 0 spiro atoms. The maximum absolute atomic E-state index is 13.3. The van der Waals surface area contributed by atoms with Gasteiger partial charge >= 0.3 is 0 Å². The lowest BCUT2D eigenvalue weighted by Gasteiger charge is -2.20. The molecule has 0 fully saturated rings. The SMILES string of the molecule is CCN(CC)Cc1ccccc1CNC(=O)c1c[nH]c(=S)n1-c1ccc(F)cc1. The molecule has 1 aromatic heterocycles. The highest BCUT2D eigenvalue weighted by Gasteiger charge is 2.15. The average Bonchev–Trinajstić information content (AvgIpc) is 3.13. The number of benzene rings is 2. The van der Waals surface area contributed by atoms with Crippen LogP contribution in [0.5, 0.6) is 0 Å². The van der Waals surface area contributed by atoms with Gasteiger partial charge in [-0.3, -0.25) is 14.3 Å². The van der Waals surface area contributed by atoms with Gasteiger partial charge in [-0.05, 0) is 60.7 Å². The van der Waals surface area contributed by atoms with E-state index in [2.05, 4.69) is 35.1 Å². The van der Waals surface area contributed by atoms with Crippen LogP contribution in [0.15, 0.2) is 54.7 Å². The van der Waals surface area contributed by atoms with Crippen LogP contribution < -0.4 is 5.32 Å². The van der Waals surface area contributed by atoms with Gasteiger partial charge in [-0.15, -0.1) is 0 Å². The maximum Gasteiger partial charge on any atom is 0.270 e. The van der Waals surface area contributed by atoms with E-state index in [9.17, 15) is 9.18 Å². The monoisotopic (exact) mass is 412 g/mol. The molecule has 7 heteroatoms. The summed E-state index contributed by atoms with van der Waals surface area (Å²) in [5, 5.41) is 2.98. The quantitative estimate of drug-likeness (QED) is 0.538. The number of halogens is 1. The molecule has 2 aromatic carbocycles. The Kier molecular flexibility index (Phi) is 6.95. The number of rotatable bonds is 8. The highest BCUT2D eigenvalue weighted by atomic mass is 32.1. The second kappa shape index (κ2) is 9.62. The van der Waals surface area contributed by atoms with E-state index in [0.717, 1.165) is 25.2 Å². The van der Waals surface area contributed by atoms with E-state index in [0.29, 0.717) is 22.7 Å². The van der Waals surface area contributed by atoms with Crippen molar-refractivity contribution >= 4 is 18.1 Å². The zero-order valence-electron chi connectivity index (χ0n) is 16.6. The first-order chi connectivity index (χ1) is 14.0. The molecule has 0 aliphatic heterocycles. The minimum Gasteiger partial charge on any atom is -0.347 e. The van der Waals surface area contributed by atoms with Gasteiger partial charge in [0.05, 0.1) is 0 Å². The fraction of sp³-hybridized carbons (Fsp3) is 0.273. The summed E-state index contributed by atoms with van der Waals surface area (Å²) < 4.78 is 15.2. The number of hydrogen-bond acceptors (Lipinski definition) is 3. The zero-order chi connectivity index (χ0) is 20.8. The van der Waals surface area contributed by atoms with Gasteiger partial charge in [0, 0.05) is 25.0 Å². The highest BCUT2D eigenvalue weighted by Crippen LogP contribution is 2.15. The third-order valence-corrected chi connectivity index (χ3v) is 5.24. The molecule has 0 atom stereocenters. The molecule has 0 bridgehead atoms. The summed E-state index contributed by atoms with van der Waals surface area (Å²) in [6.07, 6.45) is 1.57. The molecule has 3 aromatic rings. The number of imidazole rings is 1. The summed E-state index contributed by atoms with van der Waals surface area (Å²) in [4.78, 5) is 18.1. The second-order valence-electron chi connectivity index (χ2n) is 6.70. The Labute approximate surface area is 175 Å². The summed E-state index contributed by atoms with van der Waals surface area (Å²) >= 11 is 5.31. The Hall–Kier alpha value is -2.77. The van der Waals surface area contributed by atoms with Gasteiger partial charge in [0.2, 0.25) is 0 Å². The van der Waals surface area contributed by atoms with E-state index in [1.54, 1.807) is 22.9 Å². The number of amides is 1. The number of nitrogens with zero attached hydrogens (tertiary/aromatic N) is 2. The standard InChI is InChI=1S/C22H25FN4OS/c1-3-26(4-2)15-17-8-6-5-7-16(17)13-24-21(28)20-14-25-22(29)27(20)19-11-9-18(23)10-12-19/h5-12,14H,3-4,13,15H2,1-2H3,(H,24,28)(H,25,29). The van der Waals surface area contributed by atoms with Crippen LogP contribution in [0.4, 0.5) is 4.39 Å². The van der Waals surface area contributed by atoms with Crippen LogP contribution in [-0.4, -0.2) is 33.4 Å². The van der Waals surface area contributed by atoms with Gasteiger partial charge in [0.15, 0.2) is 4.77 Å². The predicted octanol–water partition coefficient (Wildman–Crippen LogP) is 4.45. The van der Waals surface area contributed by atoms with E-state index in [-0.39, 0.29) is 11.7 Å². The van der Waals surface area contributed by atoms with E-state index >= 15 is 0 Å². The molecule has 2 N–H and O–H groups in total. The Balaban J connectivity index is 1.78. The van der Waals surface area contributed by atoms with Crippen LogP contribution in [0.25, 0.3) is 5.69 Å². The molecule has 152 valence electrons. The second-order valence-corrected chi connectivity index (χ2v) is 7.09. The number of hydrogen-bond donors (Lipinski definition) is 2. The normalized spacial score (nSPS) is 11.0. The van der Waals surface area contributed by atoms with Crippen LogP contribution in [0, 0.1) is 10.6 Å². The van der Waals surface area contributed by atoms with Gasteiger partial charge in [-0.25, -0.2) is 4.39 Å². The van der Waals surface area contributed by atoms with Crippen LogP contribution in [0.3, 0.4) is 0 Å². The van der Waals surface area contributed by atoms with Crippen LogP contribution >= 0.6 is 12.2 Å². The van der Waals surface area contributed by atoms with Crippen molar-refractivity contribution in [2.24, 2.45) is 0 Å². The first kappa shape index (κ1) is 21.0. The lowest BCUT2D eigenvalue weighted by Crippen LogP contribution is -2.27. The topological polar surface area (TPSA) is 53.1 Å². The Morgan fingerprint density at radius 2 is 1.76 bits per heavy atom. The third-order valence-electron chi connectivity index (χ3n) is 4.94. The number of carbonyl (C=O) groups excluding carboxylic acids is 1. The number of H-pyrrole nitrogens is 1. The molecule has 0 saturated heterocycles. The molecular formula is C22H25FN4OS. The van der Waals surface area contributed by atoms with E-state index < -0.39 is 0 Å². The van der Waals surface area contributed by atoms with Gasteiger partial charge in [0.1, 0.15) is 11.5 Å². The van der Waals surface area contributed by atoms with Crippen molar-refractivity contribution < 1.29 is 9.18 Å².